The van der Waals surface area contributed by atoms with E-state index in [1.807, 2.05) is 0 Å². The van der Waals surface area contributed by atoms with E-state index in [-0.39, 0.29) is 11.0 Å². The molecule has 256 valence electrons. The highest BCUT2D eigenvalue weighted by Crippen LogP contribution is 2.47. The van der Waals surface area contributed by atoms with Crippen LogP contribution in [-0.4, -0.2) is 0 Å². The normalized spacial score (nSPS) is 11.9. The molecule has 0 unspecified atom stereocenters. The van der Waals surface area contributed by atoms with Crippen LogP contribution >= 0.6 is 0 Å². The predicted molar refractivity (Wildman–Crippen MR) is 221 cm³/mol. The topological polar surface area (TPSA) is 6.48 Å². The molecule has 51 heavy (non-hydrogen) atoms. The first-order valence-electron chi connectivity index (χ1n) is 18.8. The molecule has 7 aromatic carbocycles. The largest absolute Gasteiger partial charge is 0.331 e. The minimum absolute atomic E-state index is 0.183. The Balaban J connectivity index is 1.39. The van der Waals surface area contributed by atoms with Crippen molar-refractivity contribution in [1.82, 2.24) is 0 Å². The first-order chi connectivity index (χ1) is 24.9. The Morgan fingerprint density at radius 2 is 0.941 bits per heavy atom. The van der Waals surface area contributed by atoms with Gasteiger partial charge in [-0.15, -0.1) is 0 Å². The fourth-order valence-corrected chi connectivity index (χ4v) is 8.06. The van der Waals surface area contributed by atoms with Gasteiger partial charge in [0.05, 0.1) is 11.2 Å². The van der Waals surface area contributed by atoms with Crippen molar-refractivity contribution in [2.75, 3.05) is 9.80 Å². The fraction of sp³-hybridized carbons (Fsp3) is 0.224. The first-order valence-corrected chi connectivity index (χ1v) is 18.8. The molecule has 0 saturated carbocycles. The molecule has 0 bridgehead atoms. The lowest BCUT2D eigenvalue weighted by Crippen LogP contribution is -2.43. The molecule has 7 rings (SSSR count). The van der Waals surface area contributed by atoms with Crippen LogP contribution in [0.3, 0.4) is 0 Å². The van der Waals surface area contributed by atoms with Crippen molar-refractivity contribution in [3.8, 4) is 0 Å². The standard InChI is InChI=1S/C49H50N2/c1-6-48(5,7-2)40-27-29-41(30-28-40)49(8-3,9-4)51(45-31-26-37-18-13-14-20-39(37)36-45)44-34-32-43(33-35-44)50(42-22-11-10-12-23-42)47-25-17-21-38-19-15-16-24-46(38)47/h10-36H,6-9H2,1-5H3. The Hall–Kier alpha value is -5.34. The second-order valence-electron chi connectivity index (χ2n) is 14.1. The molecule has 2 nitrogen and oxygen atoms in total. The van der Waals surface area contributed by atoms with E-state index in [4.69, 9.17) is 0 Å². The quantitative estimate of drug-likeness (QED) is 0.128. The maximum absolute atomic E-state index is 2.61. The third-order valence-electron chi connectivity index (χ3n) is 11.7. The van der Waals surface area contributed by atoms with Gasteiger partial charge in [0.15, 0.2) is 0 Å². The van der Waals surface area contributed by atoms with Crippen LogP contribution in [0.25, 0.3) is 21.5 Å². The van der Waals surface area contributed by atoms with E-state index in [0.29, 0.717) is 0 Å². The highest BCUT2D eigenvalue weighted by atomic mass is 15.2. The number of hydrogen-bond acceptors (Lipinski definition) is 2. The van der Waals surface area contributed by atoms with Gasteiger partial charge >= 0.3 is 0 Å². The van der Waals surface area contributed by atoms with E-state index in [1.165, 1.54) is 49.7 Å². The Morgan fingerprint density at radius 3 is 1.61 bits per heavy atom. The molecule has 0 spiro atoms. The van der Waals surface area contributed by atoms with Gasteiger partial charge in [-0.2, -0.15) is 0 Å². The second-order valence-corrected chi connectivity index (χ2v) is 14.1. The molecule has 7 aromatic rings. The van der Waals surface area contributed by atoms with Crippen LogP contribution in [0.1, 0.15) is 71.4 Å². The van der Waals surface area contributed by atoms with E-state index in [2.05, 4.69) is 208 Å². The average molecular weight is 667 g/mol. The summed E-state index contributed by atoms with van der Waals surface area (Å²) in [6.07, 6.45) is 4.18. The Labute approximate surface area is 305 Å². The summed E-state index contributed by atoms with van der Waals surface area (Å²) in [5.41, 5.74) is 8.51. The Morgan fingerprint density at radius 1 is 0.412 bits per heavy atom. The lowest BCUT2D eigenvalue weighted by molar-refractivity contribution is 0.402. The van der Waals surface area contributed by atoms with Crippen molar-refractivity contribution in [1.29, 1.82) is 0 Å². The minimum atomic E-state index is -0.258. The summed E-state index contributed by atoms with van der Waals surface area (Å²) >= 11 is 0. The minimum Gasteiger partial charge on any atom is -0.331 e. The van der Waals surface area contributed by atoms with Gasteiger partial charge < -0.3 is 9.80 Å². The van der Waals surface area contributed by atoms with E-state index in [9.17, 15) is 0 Å². The van der Waals surface area contributed by atoms with Crippen molar-refractivity contribution in [3.63, 3.8) is 0 Å². The van der Waals surface area contributed by atoms with Crippen molar-refractivity contribution in [2.24, 2.45) is 0 Å². The van der Waals surface area contributed by atoms with Crippen molar-refractivity contribution in [2.45, 2.75) is 71.3 Å². The number of anilines is 5. The molecule has 0 amide bonds. The van der Waals surface area contributed by atoms with Gasteiger partial charge in [-0.25, -0.2) is 0 Å². The smallest absolute Gasteiger partial charge is 0.0697 e. The average Bonchev–Trinajstić information content (AvgIpc) is 3.20. The maximum atomic E-state index is 2.61. The SMILES string of the molecule is CCC(C)(CC)c1ccc(C(CC)(CC)N(c2ccc(N(c3ccccc3)c3cccc4ccccc34)cc2)c2ccc3ccccc3c2)cc1. The van der Waals surface area contributed by atoms with Crippen molar-refractivity contribution < 1.29 is 0 Å². The van der Waals surface area contributed by atoms with Gasteiger partial charge in [0, 0.05) is 28.1 Å². The van der Waals surface area contributed by atoms with E-state index in [0.717, 1.165) is 37.1 Å². The zero-order chi connectivity index (χ0) is 35.4. The molecule has 0 N–H and O–H groups in total. The fourth-order valence-electron chi connectivity index (χ4n) is 8.06. The Kier molecular flexibility index (Phi) is 9.69. The maximum Gasteiger partial charge on any atom is 0.0697 e. The molecule has 0 aliphatic heterocycles. The van der Waals surface area contributed by atoms with Gasteiger partial charge in [0.2, 0.25) is 0 Å². The molecule has 0 aromatic heterocycles. The highest BCUT2D eigenvalue weighted by Gasteiger charge is 2.37. The van der Waals surface area contributed by atoms with Gasteiger partial charge in [-0.1, -0.05) is 144 Å². The van der Waals surface area contributed by atoms with Gasteiger partial charge in [0.1, 0.15) is 0 Å². The summed E-state index contributed by atoms with van der Waals surface area (Å²) in [6.45, 7) is 11.7. The number of rotatable bonds is 12. The molecule has 0 aliphatic carbocycles. The van der Waals surface area contributed by atoms with Crippen molar-refractivity contribution >= 4 is 50.0 Å². The summed E-state index contributed by atoms with van der Waals surface area (Å²) < 4.78 is 0. The summed E-state index contributed by atoms with van der Waals surface area (Å²) in [5, 5.41) is 4.97. The molecule has 2 heteroatoms. The first kappa shape index (κ1) is 34.1. The molecule has 0 saturated heterocycles. The zero-order valence-corrected chi connectivity index (χ0v) is 30.8. The van der Waals surface area contributed by atoms with E-state index < -0.39 is 0 Å². The van der Waals surface area contributed by atoms with E-state index >= 15 is 0 Å². The summed E-state index contributed by atoms with van der Waals surface area (Å²) in [6, 6.07) is 60.5. The van der Waals surface area contributed by atoms with Gasteiger partial charge in [0.25, 0.3) is 0 Å². The molecule has 0 radical (unpaired) electrons. The number of hydrogen-bond donors (Lipinski definition) is 0. The van der Waals surface area contributed by atoms with Crippen LogP contribution in [0.5, 0.6) is 0 Å². The van der Waals surface area contributed by atoms with E-state index in [1.54, 1.807) is 0 Å². The monoisotopic (exact) mass is 666 g/mol. The summed E-state index contributed by atoms with van der Waals surface area (Å²) in [5.74, 6) is 0. The number of fused-ring (bicyclic) bond motifs is 2. The highest BCUT2D eigenvalue weighted by molar-refractivity contribution is 5.99. The lowest BCUT2D eigenvalue weighted by atomic mass is 9.76. The molecule has 0 heterocycles. The summed E-state index contributed by atoms with van der Waals surface area (Å²) in [7, 11) is 0. The molecular formula is C49H50N2. The van der Waals surface area contributed by atoms with Gasteiger partial charge in [-0.3, -0.25) is 0 Å². The van der Waals surface area contributed by atoms with Crippen LogP contribution < -0.4 is 9.80 Å². The summed E-state index contributed by atoms with van der Waals surface area (Å²) in [4.78, 5) is 5.00. The number of nitrogens with zero attached hydrogens (tertiary/aromatic N) is 2. The third kappa shape index (κ3) is 6.29. The molecule has 0 aliphatic rings. The van der Waals surface area contributed by atoms with Crippen LogP contribution in [-0.2, 0) is 11.0 Å². The van der Waals surface area contributed by atoms with Crippen molar-refractivity contribution in [3.05, 3.63) is 175 Å². The molecular weight excluding hydrogens is 617 g/mol. The lowest BCUT2D eigenvalue weighted by Gasteiger charge is -2.46. The van der Waals surface area contributed by atoms with Crippen LogP contribution in [0.2, 0.25) is 0 Å². The van der Waals surface area contributed by atoms with Crippen LogP contribution in [0.15, 0.2) is 164 Å². The third-order valence-corrected chi connectivity index (χ3v) is 11.7. The number of benzene rings is 7. The van der Waals surface area contributed by atoms with Crippen LogP contribution in [0.4, 0.5) is 28.4 Å². The molecule has 0 atom stereocenters. The predicted octanol–water partition coefficient (Wildman–Crippen LogP) is 14.4. The molecule has 0 fully saturated rings. The zero-order valence-electron chi connectivity index (χ0n) is 30.8. The number of para-hydroxylation sites is 1. The van der Waals surface area contributed by atoms with Gasteiger partial charge in [-0.05, 0) is 113 Å². The Bertz CT molecular complexity index is 2200. The second kappa shape index (κ2) is 14.5. The van der Waals surface area contributed by atoms with Crippen LogP contribution in [0, 0.1) is 0 Å².